The number of rotatable bonds is 6. The zero-order valence-corrected chi connectivity index (χ0v) is 15.1. The van der Waals surface area contributed by atoms with Crippen molar-refractivity contribution in [2.75, 3.05) is 11.4 Å². The predicted molar refractivity (Wildman–Crippen MR) is 104 cm³/mol. The van der Waals surface area contributed by atoms with Gasteiger partial charge in [0.15, 0.2) is 5.78 Å². The second-order valence-electron chi connectivity index (χ2n) is 6.60. The second-order valence-corrected chi connectivity index (χ2v) is 6.60. The number of ketones is 1. The summed E-state index contributed by atoms with van der Waals surface area (Å²) in [6.45, 7) is 4.69. The molecule has 0 N–H and O–H groups in total. The predicted octanol–water partition coefficient (Wildman–Crippen LogP) is 4.50. The lowest BCUT2D eigenvalue weighted by molar-refractivity contribution is -0.117. The first-order chi connectivity index (χ1) is 12.5. The highest BCUT2D eigenvalue weighted by Crippen LogP contribution is 2.23. The Morgan fingerprint density at radius 3 is 2.50 bits per heavy atom. The van der Waals surface area contributed by atoms with Crippen LogP contribution < -0.4 is 9.64 Å². The first kappa shape index (κ1) is 17.9. The van der Waals surface area contributed by atoms with Gasteiger partial charge in [-0.05, 0) is 62.8 Å². The van der Waals surface area contributed by atoms with Crippen molar-refractivity contribution in [1.29, 1.82) is 0 Å². The van der Waals surface area contributed by atoms with E-state index in [4.69, 9.17) is 4.74 Å². The Kier molecular flexibility index (Phi) is 5.52. The molecule has 0 radical (unpaired) electrons. The van der Waals surface area contributed by atoms with Crippen LogP contribution in [0, 0.1) is 0 Å². The molecule has 1 saturated heterocycles. The van der Waals surface area contributed by atoms with Crippen LogP contribution in [0.3, 0.4) is 0 Å². The van der Waals surface area contributed by atoms with E-state index >= 15 is 0 Å². The zero-order valence-electron chi connectivity index (χ0n) is 15.1. The van der Waals surface area contributed by atoms with Gasteiger partial charge in [-0.2, -0.15) is 0 Å². The Morgan fingerprint density at radius 1 is 1.12 bits per heavy atom. The van der Waals surface area contributed by atoms with Crippen LogP contribution in [-0.4, -0.2) is 24.3 Å². The minimum atomic E-state index is -0.0800. The van der Waals surface area contributed by atoms with Crippen molar-refractivity contribution in [3.05, 3.63) is 65.7 Å². The lowest BCUT2D eigenvalue weighted by Gasteiger charge is -2.15. The van der Waals surface area contributed by atoms with Crippen molar-refractivity contribution in [3.8, 4) is 5.75 Å². The van der Waals surface area contributed by atoms with Crippen molar-refractivity contribution in [1.82, 2.24) is 0 Å². The molecule has 26 heavy (non-hydrogen) atoms. The van der Waals surface area contributed by atoms with Crippen molar-refractivity contribution >= 4 is 23.5 Å². The third-order valence-corrected chi connectivity index (χ3v) is 4.23. The minimum absolute atomic E-state index is 0.0705. The van der Waals surface area contributed by atoms with Gasteiger partial charge >= 0.3 is 0 Å². The number of allylic oxidation sites excluding steroid dienone is 1. The fourth-order valence-electron chi connectivity index (χ4n) is 2.97. The molecule has 1 amide bonds. The van der Waals surface area contributed by atoms with Gasteiger partial charge in [0.1, 0.15) is 5.75 Å². The number of amides is 1. The number of ether oxygens (including phenoxy) is 1. The zero-order chi connectivity index (χ0) is 18.5. The Balaban J connectivity index is 1.72. The fourth-order valence-corrected chi connectivity index (χ4v) is 2.97. The topological polar surface area (TPSA) is 46.6 Å². The van der Waals surface area contributed by atoms with Crippen LogP contribution in [0.5, 0.6) is 5.75 Å². The van der Waals surface area contributed by atoms with Crippen LogP contribution in [0.25, 0.3) is 6.08 Å². The van der Waals surface area contributed by atoms with Gasteiger partial charge in [0.25, 0.3) is 0 Å². The summed E-state index contributed by atoms with van der Waals surface area (Å²) < 4.78 is 5.77. The minimum Gasteiger partial charge on any atom is -0.490 e. The maximum absolute atomic E-state index is 12.4. The summed E-state index contributed by atoms with van der Waals surface area (Å²) in [7, 11) is 0. The molecule has 1 heterocycles. The van der Waals surface area contributed by atoms with E-state index in [0.29, 0.717) is 12.0 Å². The van der Waals surface area contributed by atoms with Crippen molar-refractivity contribution in [2.24, 2.45) is 0 Å². The van der Waals surface area contributed by atoms with E-state index in [2.05, 4.69) is 0 Å². The molecule has 4 nitrogen and oxygen atoms in total. The number of anilines is 1. The van der Waals surface area contributed by atoms with Crippen LogP contribution in [0.2, 0.25) is 0 Å². The maximum Gasteiger partial charge on any atom is 0.227 e. The molecule has 2 aromatic rings. The van der Waals surface area contributed by atoms with Gasteiger partial charge < -0.3 is 9.64 Å². The van der Waals surface area contributed by atoms with Gasteiger partial charge in [0.05, 0.1) is 6.10 Å². The molecule has 0 saturated carbocycles. The molecule has 1 fully saturated rings. The standard InChI is InChI=1S/C22H23NO3/c1-16(2)26-21-7-4-3-6-18(21)11-14-20(24)17-9-12-19(13-10-17)23-15-5-8-22(23)25/h3-4,6-7,9-14,16H,5,8,15H2,1-2H3/b14-11+. The third-order valence-electron chi connectivity index (χ3n) is 4.23. The van der Waals surface area contributed by atoms with Gasteiger partial charge in [0, 0.05) is 29.8 Å². The van der Waals surface area contributed by atoms with Gasteiger partial charge in [-0.15, -0.1) is 0 Å². The fraction of sp³-hybridized carbons (Fsp3) is 0.273. The summed E-state index contributed by atoms with van der Waals surface area (Å²) in [6, 6.07) is 14.8. The summed E-state index contributed by atoms with van der Waals surface area (Å²) in [4.78, 5) is 26.0. The molecule has 0 aromatic heterocycles. The third kappa shape index (κ3) is 4.20. The monoisotopic (exact) mass is 349 g/mol. The van der Waals surface area contributed by atoms with Gasteiger partial charge in [0.2, 0.25) is 5.91 Å². The van der Waals surface area contributed by atoms with E-state index in [1.807, 2.05) is 50.2 Å². The van der Waals surface area contributed by atoms with Crippen LogP contribution in [0.4, 0.5) is 5.69 Å². The van der Waals surface area contributed by atoms with E-state index in [0.717, 1.165) is 30.0 Å². The Hall–Kier alpha value is -2.88. The lowest BCUT2D eigenvalue weighted by atomic mass is 10.1. The molecule has 2 aromatic carbocycles. The molecule has 3 rings (SSSR count). The number of benzene rings is 2. The second kappa shape index (κ2) is 8.00. The summed E-state index contributed by atoms with van der Waals surface area (Å²) in [6.07, 6.45) is 4.89. The van der Waals surface area contributed by atoms with E-state index in [1.54, 1.807) is 29.2 Å². The summed E-state index contributed by atoms with van der Waals surface area (Å²) in [5.74, 6) is 0.823. The number of hydrogen-bond acceptors (Lipinski definition) is 3. The van der Waals surface area contributed by atoms with Gasteiger partial charge in [-0.3, -0.25) is 9.59 Å². The van der Waals surface area contributed by atoms with E-state index in [1.165, 1.54) is 0 Å². The summed E-state index contributed by atoms with van der Waals surface area (Å²) >= 11 is 0. The molecule has 0 aliphatic carbocycles. The first-order valence-corrected chi connectivity index (χ1v) is 8.93. The number of hydrogen-bond donors (Lipinski definition) is 0. The first-order valence-electron chi connectivity index (χ1n) is 8.93. The average Bonchev–Trinajstić information content (AvgIpc) is 3.06. The smallest absolute Gasteiger partial charge is 0.227 e. The summed E-state index contributed by atoms with van der Waals surface area (Å²) in [5.41, 5.74) is 2.32. The van der Waals surface area contributed by atoms with E-state index in [-0.39, 0.29) is 17.8 Å². The molecular formula is C22H23NO3. The molecule has 1 aliphatic rings. The lowest BCUT2D eigenvalue weighted by Crippen LogP contribution is -2.23. The number of carbonyl (C=O) groups excluding carboxylic acids is 2. The molecule has 1 aliphatic heterocycles. The van der Waals surface area contributed by atoms with Crippen molar-refractivity contribution < 1.29 is 14.3 Å². The Labute approximate surface area is 154 Å². The number of para-hydroxylation sites is 1. The quantitative estimate of drug-likeness (QED) is 0.570. The number of carbonyl (C=O) groups is 2. The van der Waals surface area contributed by atoms with Crippen LogP contribution in [0.1, 0.15) is 42.6 Å². The van der Waals surface area contributed by atoms with Gasteiger partial charge in [-0.25, -0.2) is 0 Å². The van der Waals surface area contributed by atoms with Gasteiger partial charge in [-0.1, -0.05) is 18.2 Å². The highest BCUT2D eigenvalue weighted by atomic mass is 16.5. The van der Waals surface area contributed by atoms with E-state index < -0.39 is 0 Å². The molecule has 0 atom stereocenters. The summed E-state index contributed by atoms with van der Waals surface area (Å²) in [5, 5.41) is 0. The highest BCUT2D eigenvalue weighted by Gasteiger charge is 2.21. The van der Waals surface area contributed by atoms with Crippen LogP contribution in [0.15, 0.2) is 54.6 Å². The molecule has 0 spiro atoms. The SMILES string of the molecule is CC(C)Oc1ccccc1/C=C/C(=O)c1ccc(N2CCCC2=O)cc1. The van der Waals surface area contributed by atoms with Crippen LogP contribution in [-0.2, 0) is 4.79 Å². The molecule has 4 heteroatoms. The molecule has 134 valence electrons. The van der Waals surface area contributed by atoms with Crippen molar-refractivity contribution in [3.63, 3.8) is 0 Å². The molecule has 0 unspecified atom stereocenters. The van der Waals surface area contributed by atoms with Crippen LogP contribution >= 0.6 is 0 Å². The average molecular weight is 349 g/mol. The Morgan fingerprint density at radius 2 is 1.85 bits per heavy atom. The van der Waals surface area contributed by atoms with Crippen molar-refractivity contribution in [2.45, 2.75) is 32.8 Å². The van der Waals surface area contributed by atoms with E-state index in [9.17, 15) is 9.59 Å². The Bertz CT molecular complexity index is 822. The normalized spacial score (nSPS) is 14.4. The number of nitrogens with zero attached hydrogens (tertiary/aromatic N) is 1. The maximum atomic E-state index is 12.4. The largest absolute Gasteiger partial charge is 0.490 e. The molecular weight excluding hydrogens is 326 g/mol. The highest BCUT2D eigenvalue weighted by molar-refractivity contribution is 6.07. The molecule has 0 bridgehead atoms.